The molecule has 92 valence electrons. The van der Waals surface area contributed by atoms with Crippen LogP contribution in [-0.2, 0) is 9.59 Å². The van der Waals surface area contributed by atoms with Crippen LogP contribution in [-0.4, -0.2) is 11.6 Å². The van der Waals surface area contributed by atoms with Crippen molar-refractivity contribution in [3.05, 3.63) is 0 Å². The highest BCUT2D eigenvalue weighted by Gasteiger charge is 2.37. The predicted molar refractivity (Wildman–Crippen MR) is 65.3 cm³/mol. The molecule has 0 aromatic carbocycles. The van der Waals surface area contributed by atoms with Gasteiger partial charge in [-0.15, -0.1) is 0 Å². The van der Waals surface area contributed by atoms with Crippen molar-refractivity contribution in [1.29, 1.82) is 0 Å². The molecule has 0 spiro atoms. The number of carbonyl (C=O) groups excluding carboxylic acids is 2. The molecule has 0 bridgehead atoms. The number of carbonyl (C=O) groups is 2. The number of unbranched alkanes of at least 4 members (excludes halogenated alkanes) is 3. The van der Waals surface area contributed by atoms with Crippen LogP contribution >= 0.6 is 0 Å². The smallest absolute Gasteiger partial charge is 0.136 e. The second-order valence-electron chi connectivity index (χ2n) is 4.89. The molecule has 1 aliphatic carbocycles. The van der Waals surface area contributed by atoms with E-state index in [0.29, 0.717) is 24.4 Å². The highest BCUT2D eigenvalue weighted by atomic mass is 16.1. The summed E-state index contributed by atoms with van der Waals surface area (Å²) < 4.78 is 0. The van der Waals surface area contributed by atoms with Gasteiger partial charge < -0.3 is 0 Å². The van der Waals surface area contributed by atoms with E-state index in [1.165, 1.54) is 19.3 Å². The first-order valence-electron chi connectivity index (χ1n) is 6.76. The first-order chi connectivity index (χ1) is 7.70. The number of rotatable bonds is 7. The normalized spacial score (nSPS) is 25.0. The lowest BCUT2D eigenvalue weighted by atomic mass is 9.86. The SMILES string of the molecule is CCCCCCC1C(=O)CCC1C(=O)CC. The van der Waals surface area contributed by atoms with E-state index >= 15 is 0 Å². The zero-order chi connectivity index (χ0) is 12.0. The van der Waals surface area contributed by atoms with E-state index in [9.17, 15) is 9.59 Å². The Morgan fingerprint density at radius 3 is 2.62 bits per heavy atom. The monoisotopic (exact) mass is 224 g/mol. The highest BCUT2D eigenvalue weighted by Crippen LogP contribution is 2.34. The van der Waals surface area contributed by atoms with Crippen LogP contribution in [0.3, 0.4) is 0 Å². The fraction of sp³-hybridized carbons (Fsp3) is 0.857. The van der Waals surface area contributed by atoms with Gasteiger partial charge in [-0.05, 0) is 12.8 Å². The quantitative estimate of drug-likeness (QED) is 0.620. The van der Waals surface area contributed by atoms with Gasteiger partial charge in [0.15, 0.2) is 0 Å². The molecule has 1 saturated carbocycles. The van der Waals surface area contributed by atoms with Gasteiger partial charge in [0.2, 0.25) is 0 Å². The summed E-state index contributed by atoms with van der Waals surface area (Å²) in [6.45, 7) is 4.09. The minimum Gasteiger partial charge on any atom is -0.299 e. The highest BCUT2D eigenvalue weighted by molar-refractivity contribution is 5.92. The van der Waals surface area contributed by atoms with E-state index in [1.54, 1.807) is 0 Å². The summed E-state index contributed by atoms with van der Waals surface area (Å²) in [5.74, 6) is 0.748. The van der Waals surface area contributed by atoms with Gasteiger partial charge in [0.1, 0.15) is 11.6 Å². The van der Waals surface area contributed by atoms with Crippen molar-refractivity contribution < 1.29 is 9.59 Å². The van der Waals surface area contributed by atoms with Gasteiger partial charge in [-0.2, -0.15) is 0 Å². The van der Waals surface area contributed by atoms with E-state index in [1.807, 2.05) is 6.92 Å². The van der Waals surface area contributed by atoms with Crippen molar-refractivity contribution in [1.82, 2.24) is 0 Å². The van der Waals surface area contributed by atoms with E-state index < -0.39 is 0 Å². The topological polar surface area (TPSA) is 34.1 Å². The third-order valence-corrected chi connectivity index (χ3v) is 3.73. The van der Waals surface area contributed by atoms with Gasteiger partial charge in [0.25, 0.3) is 0 Å². The average Bonchev–Trinajstić information content (AvgIpc) is 2.65. The Labute approximate surface area is 98.8 Å². The van der Waals surface area contributed by atoms with Crippen LogP contribution in [0.5, 0.6) is 0 Å². The Morgan fingerprint density at radius 2 is 2.00 bits per heavy atom. The average molecular weight is 224 g/mol. The van der Waals surface area contributed by atoms with Gasteiger partial charge in [-0.1, -0.05) is 39.5 Å². The molecule has 0 amide bonds. The molecule has 0 radical (unpaired) electrons. The lowest BCUT2D eigenvalue weighted by molar-refractivity contribution is -0.128. The van der Waals surface area contributed by atoms with Gasteiger partial charge in [0.05, 0.1) is 0 Å². The van der Waals surface area contributed by atoms with Crippen molar-refractivity contribution in [3.8, 4) is 0 Å². The molecule has 0 N–H and O–H groups in total. The number of ketones is 2. The molecule has 0 aliphatic heterocycles. The Bertz CT molecular complexity index is 245. The molecule has 1 fully saturated rings. The fourth-order valence-corrected chi connectivity index (χ4v) is 2.71. The largest absolute Gasteiger partial charge is 0.299 e. The summed E-state index contributed by atoms with van der Waals surface area (Å²) >= 11 is 0. The van der Waals surface area contributed by atoms with Crippen molar-refractivity contribution in [2.24, 2.45) is 11.8 Å². The fourth-order valence-electron chi connectivity index (χ4n) is 2.71. The van der Waals surface area contributed by atoms with Gasteiger partial charge in [-0.3, -0.25) is 9.59 Å². The molecule has 2 unspecified atom stereocenters. The van der Waals surface area contributed by atoms with E-state index in [-0.39, 0.29) is 11.8 Å². The number of hydrogen-bond acceptors (Lipinski definition) is 2. The van der Waals surface area contributed by atoms with Crippen molar-refractivity contribution in [2.45, 2.75) is 65.2 Å². The molecular weight excluding hydrogens is 200 g/mol. The Hall–Kier alpha value is -0.660. The standard InChI is InChI=1S/C14H24O2/c1-3-5-6-7-8-11-12(13(15)4-2)9-10-14(11)16/h11-12H,3-10H2,1-2H3. The summed E-state index contributed by atoms with van der Waals surface area (Å²) in [5.41, 5.74) is 0. The minimum atomic E-state index is 0.0547. The molecule has 0 aromatic rings. The van der Waals surface area contributed by atoms with Gasteiger partial charge in [0, 0.05) is 24.7 Å². The summed E-state index contributed by atoms with van der Waals surface area (Å²) in [6, 6.07) is 0. The molecule has 2 nitrogen and oxygen atoms in total. The molecule has 1 aliphatic rings. The Balaban J connectivity index is 2.41. The maximum absolute atomic E-state index is 11.7. The van der Waals surface area contributed by atoms with Crippen LogP contribution in [0.2, 0.25) is 0 Å². The first kappa shape index (κ1) is 13.4. The first-order valence-corrected chi connectivity index (χ1v) is 6.76. The van der Waals surface area contributed by atoms with Crippen LogP contribution in [0.1, 0.15) is 65.2 Å². The Kier molecular flexibility index (Phi) is 5.72. The van der Waals surface area contributed by atoms with Crippen LogP contribution in [0, 0.1) is 11.8 Å². The summed E-state index contributed by atoms with van der Waals surface area (Å²) in [5, 5.41) is 0. The van der Waals surface area contributed by atoms with Gasteiger partial charge in [-0.25, -0.2) is 0 Å². The second kappa shape index (κ2) is 6.82. The van der Waals surface area contributed by atoms with E-state index in [4.69, 9.17) is 0 Å². The molecule has 2 atom stereocenters. The summed E-state index contributed by atoms with van der Waals surface area (Å²) in [4.78, 5) is 23.4. The number of hydrogen-bond donors (Lipinski definition) is 0. The van der Waals surface area contributed by atoms with Crippen LogP contribution in [0.15, 0.2) is 0 Å². The molecule has 1 rings (SSSR count). The summed E-state index contributed by atoms with van der Waals surface area (Å²) in [6.07, 6.45) is 7.74. The zero-order valence-corrected chi connectivity index (χ0v) is 10.6. The van der Waals surface area contributed by atoms with Crippen LogP contribution in [0.25, 0.3) is 0 Å². The molecule has 0 saturated heterocycles. The van der Waals surface area contributed by atoms with Crippen LogP contribution < -0.4 is 0 Å². The maximum Gasteiger partial charge on any atom is 0.136 e. The minimum absolute atomic E-state index is 0.0547. The molecule has 0 aromatic heterocycles. The predicted octanol–water partition coefficient (Wildman–Crippen LogP) is 3.53. The Morgan fingerprint density at radius 1 is 1.25 bits per heavy atom. The third kappa shape index (κ3) is 3.43. The molecule has 2 heteroatoms. The molecule has 16 heavy (non-hydrogen) atoms. The van der Waals surface area contributed by atoms with Gasteiger partial charge >= 0.3 is 0 Å². The van der Waals surface area contributed by atoms with Crippen molar-refractivity contribution >= 4 is 11.6 Å². The van der Waals surface area contributed by atoms with Crippen LogP contribution in [0.4, 0.5) is 0 Å². The van der Waals surface area contributed by atoms with E-state index in [0.717, 1.165) is 19.3 Å². The summed E-state index contributed by atoms with van der Waals surface area (Å²) in [7, 11) is 0. The zero-order valence-electron chi connectivity index (χ0n) is 10.6. The third-order valence-electron chi connectivity index (χ3n) is 3.73. The number of Topliss-reactive ketones (excluding diaryl/α,β-unsaturated/α-hetero) is 2. The molecular formula is C14H24O2. The van der Waals surface area contributed by atoms with Crippen molar-refractivity contribution in [2.75, 3.05) is 0 Å². The maximum atomic E-state index is 11.7. The lowest BCUT2D eigenvalue weighted by Gasteiger charge is -2.16. The van der Waals surface area contributed by atoms with Crippen molar-refractivity contribution in [3.63, 3.8) is 0 Å². The molecule has 0 heterocycles. The lowest BCUT2D eigenvalue weighted by Crippen LogP contribution is -2.22. The second-order valence-corrected chi connectivity index (χ2v) is 4.89. The van der Waals surface area contributed by atoms with E-state index in [2.05, 4.69) is 6.92 Å².